The summed E-state index contributed by atoms with van der Waals surface area (Å²) in [4.78, 5) is 28.5. The molecule has 3 saturated heterocycles. The van der Waals surface area contributed by atoms with Gasteiger partial charge in [-0.05, 0) is 45.7 Å². The van der Waals surface area contributed by atoms with Gasteiger partial charge in [-0.1, -0.05) is 5.21 Å². The number of cyclic esters (lactones) is 1. The molecule has 6 atom stereocenters. The van der Waals surface area contributed by atoms with Crippen molar-refractivity contribution in [2.45, 2.75) is 75.8 Å². The van der Waals surface area contributed by atoms with Gasteiger partial charge in [0, 0.05) is 31.7 Å². The minimum absolute atomic E-state index is 0.000250. The minimum atomic E-state index is -1.62. The van der Waals surface area contributed by atoms with Gasteiger partial charge in [-0.3, -0.25) is 0 Å². The maximum absolute atomic E-state index is 13.9. The number of carbonyl (C=O) groups excluding carboxylic acids is 2. The van der Waals surface area contributed by atoms with Crippen molar-refractivity contribution < 1.29 is 51.9 Å². The third-order valence-corrected chi connectivity index (χ3v) is 8.36. The van der Waals surface area contributed by atoms with Crippen molar-refractivity contribution in [2.24, 2.45) is 5.92 Å². The molecule has 16 heteroatoms. The number of rotatable bonds is 7. The second-order valence-corrected chi connectivity index (χ2v) is 12.5. The molecular weight excluding hydrogens is 603 g/mol. The third kappa shape index (κ3) is 7.03. The summed E-state index contributed by atoms with van der Waals surface area (Å²) in [5.74, 6) is -4.39. The van der Waals surface area contributed by atoms with Gasteiger partial charge in [0.05, 0.1) is 25.9 Å². The first-order valence-electron chi connectivity index (χ1n) is 14.8. The molecule has 4 heterocycles. The Kier molecular flexibility index (Phi) is 9.58. The first-order chi connectivity index (χ1) is 21.3. The highest BCUT2D eigenvalue weighted by molar-refractivity contribution is 5.70. The molecule has 0 saturated carbocycles. The zero-order valence-electron chi connectivity index (χ0n) is 25.4. The van der Waals surface area contributed by atoms with Crippen molar-refractivity contribution in [1.82, 2.24) is 24.8 Å². The fourth-order valence-electron chi connectivity index (χ4n) is 6.10. The van der Waals surface area contributed by atoms with E-state index >= 15 is 0 Å². The number of methoxy groups -OCH3 is 1. The molecular formula is C29H38F3N5O8. The topological polar surface area (TPSA) is 149 Å². The lowest BCUT2D eigenvalue weighted by Crippen LogP contribution is -2.59. The average molecular weight is 642 g/mol. The van der Waals surface area contributed by atoms with E-state index in [2.05, 4.69) is 10.3 Å². The lowest BCUT2D eigenvalue weighted by Gasteiger charge is -2.44. The Bertz CT molecular complexity index is 1360. The minimum Gasteiger partial charge on any atom is -0.444 e. The third-order valence-electron chi connectivity index (χ3n) is 8.36. The number of carbonyl (C=O) groups is 2. The van der Waals surface area contributed by atoms with Crippen molar-refractivity contribution in [1.29, 1.82) is 0 Å². The lowest BCUT2D eigenvalue weighted by molar-refractivity contribution is -0.214. The van der Waals surface area contributed by atoms with Gasteiger partial charge in [0.1, 0.15) is 47.9 Å². The van der Waals surface area contributed by atoms with E-state index in [-0.39, 0.29) is 36.4 Å². The number of halogens is 3. The summed E-state index contributed by atoms with van der Waals surface area (Å²) in [6.07, 6.45) is -2.98. The molecule has 2 aromatic rings. The van der Waals surface area contributed by atoms with E-state index in [0.717, 1.165) is 12.1 Å². The van der Waals surface area contributed by atoms with E-state index in [1.54, 1.807) is 4.90 Å². The number of nitrogens with zero attached hydrogens (tertiary/aromatic N) is 5. The number of benzene rings is 1. The second-order valence-electron chi connectivity index (χ2n) is 12.5. The lowest BCUT2D eigenvalue weighted by atomic mass is 9.90. The number of aliphatic hydroxyl groups excluding tert-OH is 2. The van der Waals surface area contributed by atoms with Crippen molar-refractivity contribution in [3.8, 4) is 11.3 Å². The normalized spacial score (nSPS) is 28.0. The average Bonchev–Trinajstić information content (AvgIpc) is 3.62. The van der Waals surface area contributed by atoms with Gasteiger partial charge in [0.25, 0.3) is 0 Å². The summed E-state index contributed by atoms with van der Waals surface area (Å²) in [6.45, 7) is 6.06. The molecule has 45 heavy (non-hydrogen) atoms. The smallest absolute Gasteiger partial charge is 0.410 e. The molecule has 5 rings (SSSR count). The molecule has 2 N–H and O–H groups in total. The summed E-state index contributed by atoms with van der Waals surface area (Å²) in [7, 11) is 1.38. The van der Waals surface area contributed by atoms with Gasteiger partial charge in [-0.15, -0.1) is 5.10 Å². The van der Waals surface area contributed by atoms with Crippen molar-refractivity contribution >= 4 is 12.2 Å². The summed E-state index contributed by atoms with van der Waals surface area (Å²) < 4.78 is 65.3. The fraction of sp³-hybridized carbons (Fsp3) is 0.655. The van der Waals surface area contributed by atoms with Crippen LogP contribution in [0.5, 0.6) is 0 Å². The van der Waals surface area contributed by atoms with E-state index in [4.69, 9.17) is 18.9 Å². The highest BCUT2D eigenvalue weighted by Gasteiger charge is 2.49. The number of aliphatic hydroxyl groups is 2. The molecule has 0 spiro atoms. The molecule has 2 amide bonds. The molecule has 13 nitrogen and oxygen atoms in total. The van der Waals surface area contributed by atoms with Gasteiger partial charge < -0.3 is 39.0 Å². The van der Waals surface area contributed by atoms with Gasteiger partial charge in [-0.25, -0.2) is 27.4 Å². The quantitative estimate of drug-likeness (QED) is 0.432. The van der Waals surface area contributed by atoms with Crippen LogP contribution in [0.3, 0.4) is 0 Å². The maximum atomic E-state index is 13.9. The SMILES string of the molecule is CO[C@@H]1[C@@H](n2cc(-c3cc(F)c(F)c(F)c3)nn2)[C@@H](O)[C@@H](CO)O[C@@H]1CN1C[C@@H](C2CCN(C(=O)OC(C)(C)C)CC2)OC1=O. The Morgan fingerprint density at radius 2 is 1.80 bits per heavy atom. The summed E-state index contributed by atoms with van der Waals surface area (Å²) in [5.41, 5.74) is -0.674. The van der Waals surface area contributed by atoms with E-state index in [9.17, 15) is 33.0 Å². The van der Waals surface area contributed by atoms with Crippen LogP contribution in [0.1, 0.15) is 39.7 Å². The van der Waals surface area contributed by atoms with Crippen LogP contribution in [0.2, 0.25) is 0 Å². The predicted octanol–water partition coefficient (Wildman–Crippen LogP) is 2.51. The van der Waals surface area contributed by atoms with E-state index < -0.39 is 72.3 Å². The molecule has 3 aliphatic heterocycles. The molecule has 248 valence electrons. The van der Waals surface area contributed by atoms with E-state index in [1.807, 2.05) is 20.8 Å². The number of likely N-dealkylation sites (tertiary alicyclic amines) is 1. The van der Waals surface area contributed by atoms with Gasteiger partial charge >= 0.3 is 12.2 Å². The van der Waals surface area contributed by atoms with Crippen LogP contribution in [-0.2, 0) is 18.9 Å². The summed E-state index contributed by atoms with van der Waals surface area (Å²) in [5, 5.41) is 29.0. The number of hydrogen-bond acceptors (Lipinski definition) is 10. The monoisotopic (exact) mass is 641 g/mol. The zero-order chi connectivity index (χ0) is 32.6. The molecule has 0 aliphatic carbocycles. The van der Waals surface area contributed by atoms with Gasteiger partial charge in [0.15, 0.2) is 17.5 Å². The maximum Gasteiger partial charge on any atom is 0.410 e. The van der Waals surface area contributed by atoms with Gasteiger partial charge in [-0.2, -0.15) is 0 Å². The van der Waals surface area contributed by atoms with Gasteiger partial charge in [0.2, 0.25) is 0 Å². The fourth-order valence-corrected chi connectivity index (χ4v) is 6.10. The first-order valence-corrected chi connectivity index (χ1v) is 14.8. The van der Waals surface area contributed by atoms with Crippen LogP contribution in [-0.4, -0.2) is 123 Å². The standard InChI is InChI=1S/C29H38F3N5O8/c1-29(2,3)45-28(41)35-7-5-15(6-8-35)20-12-36(27(40)44-20)13-21-26(42-4)24(25(39)22(14-38)43-21)37-11-19(33-34-37)16-9-17(30)23(32)18(31)10-16/h9-11,15,20-22,24-26,38-39H,5-8,12-14H2,1-4H3/t20-,21+,22+,24-,25-,26-/m0/s1. The molecule has 3 fully saturated rings. The number of piperidine rings is 1. The summed E-state index contributed by atoms with van der Waals surface area (Å²) >= 11 is 0. The van der Waals surface area contributed by atoms with Crippen molar-refractivity contribution in [3.63, 3.8) is 0 Å². The number of amides is 2. The van der Waals surface area contributed by atoms with Crippen molar-refractivity contribution in [2.75, 3.05) is 39.9 Å². The molecule has 0 unspecified atom stereocenters. The first kappa shape index (κ1) is 32.9. The Hall–Kier alpha value is -3.47. The van der Waals surface area contributed by atoms with Crippen LogP contribution in [0.25, 0.3) is 11.3 Å². The Labute approximate surface area is 257 Å². The van der Waals surface area contributed by atoms with Crippen LogP contribution in [0.15, 0.2) is 18.3 Å². The molecule has 1 aromatic carbocycles. The van der Waals surface area contributed by atoms with E-state index in [0.29, 0.717) is 25.9 Å². The highest BCUT2D eigenvalue weighted by atomic mass is 19.2. The number of hydrogen-bond donors (Lipinski definition) is 2. The van der Waals surface area contributed by atoms with Crippen LogP contribution in [0, 0.1) is 23.4 Å². The van der Waals surface area contributed by atoms with Crippen LogP contribution >= 0.6 is 0 Å². The molecule has 0 radical (unpaired) electrons. The Balaban J connectivity index is 1.27. The zero-order valence-corrected chi connectivity index (χ0v) is 25.4. The second kappa shape index (κ2) is 13.1. The number of ether oxygens (including phenoxy) is 4. The van der Waals surface area contributed by atoms with Crippen LogP contribution in [0.4, 0.5) is 22.8 Å². The van der Waals surface area contributed by atoms with E-state index in [1.165, 1.54) is 22.9 Å². The predicted molar refractivity (Wildman–Crippen MR) is 149 cm³/mol. The molecule has 0 bridgehead atoms. The molecule has 1 aromatic heterocycles. The summed E-state index contributed by atoms with van der Waals surface area (Å²) in [6, 6.07) is 0.558. The van der Waals surface area contributed by atoms with Crippen molar-refractivity contribution in [3.05, 3.63) is 35.8 Å². The van der Waals surface area contributed by atoms with Crippen LogP contribution < -0.4 is 0 Å². The highest BCUT2D eigenvalue weighted by Crippen LogP contribution is 2.35. The Morgan fingerprint density at radius 1 is 1.13 bits per heavy atom. The molecule has 3 aliphatic rings. The Morgan fingerprint density at radius 3 is 2.40 bits per heavy atom. The largest absolute Gasteiger partial charge is 0.444 e. The number of aromatic nitrogens is 3.